The highest BCUT2D eigenvalue weighted by Crippen LogP contribution is 2.66. The average molecular weight is 903 g/mol. The summed E-state index contributed by atoms with van der Waals surface area (Å²) in [7, 11) is 0. The van der Waals surface area contributed by atoms with Crippen LogP contribution in [-0.4, -0.2) is 82.8 Å². The number of amides is 1. The van der Waals surface area contributed by atoms with Gasteiger partial charge in [0.15, 0.2) is 11.5 Å². The number of phenolic OH excluding ortho intramolecular Hbond substituents is 1. The summed E-state index contributed by atoms with van der Waals surface area (Å²) in [5, 5.41) is 41.3. The Balaban J connectivity index is 1.20. The van der Waals surface area contributed by atoms with Gasteiger partial charge in [0.2, 0.25) is 5.91 Å². The van der Waals surface area contributed by atoms with Crippen molar-refractivity contribution in [3.8, 4) is 35.2 Å². The highest BCUT2D eigenvalue weighted by atomic mass is 16.6. The molecule has 354 valence electrons. The van der Waals surface area contributed by atoms with Crippen molar-refractivity contribution in [3.63, 3.8) is 0 Å². The van der Waals surface area contributed by atoms with E-state index in [0.29, 0.717) is 76.7 Å². The van der Waals surface area contributed by atoms with Crippen molar-refractivity contribution in [2.45, 2.75) is 178 Å². The van der Waals surface area contributed by atoms with Crippen LogP contribution in [0.2, 0.25) is 0 Å². The van der Waals surface area contributed by atoms with Gasteiger partial charge >= 0.3 is 11.9 Å². The molecule has 1 aromatic rings. The van der Waals surface area contributed by atoms with Gasteiger partial charge in [0.05, 0.1) is 24.0 Å². The summed E-state index contributed by atoms with van der Waals surface area (Å²) in [6.45, 7) is 4.37. The third-order valence-electron chi connectivity index (χ3n) is 19.4. The number of aromatic hydroxyl groups is 1. The molecular weight excluding hydrogens is 833 g/mol. The van der Waals surface area contributed by atoms with Crippen LogP contribution < -0.4 is 15.4 Å². The predicted molar refractivity (Wildman–Crippen MR) is 246 cm³/mol. The third-order valence-corrected chi connectivity index (χ3v) is 19.4. The van der Waals surface area contributed by atoms with E-state index in [0.717, 1.165) is 80.9 Å². The normalized spacial score (nSPS) is 42.1. The first-order valence-electron chi connectivity index (χ1n) is 25.8. The van der Waals surface area contributed by atoms with Crippen LogP contribution in [0, 0.1) is 75.4 Å². The second kappa shape index (κ2) is 16.9. The summed E-state index contributed by atoms with van der Waals surface area (Å²) < 4.78 is 20.9. The molecule has 7 bridgehead atoms. The maximum absolute atomic E-state index is 16.0. The Bertz CT molecular complexity index is 2300. The summed E-state index contributed by atoms with van der Waals surface area (Å²) in [6, 6.07) is 3.79. The van der Waals surface area contributed by atoms with Crippen LogP contribution in [0.15, 0.2) is 23.8 Å². The molecule has 6 aliphatic carbocycles. The lowest BCUT2D eigenvalue weighted by atomic mass is 9.50. The molecule has 1 amide bonds. The fourth-order valence-electron chi connectivity index (χ4n) is 16.7. The molecule has 11 heteroatoms. The molecule has 15 atom stereocenters. The zero-order valence-electron chi connectivity index (χ0n) is 39.0. The molecule has 0 aromatic heterocycles. The number of piperidine rings is 2. The number of aliphatic hydroxyl groups excluding tert-OH is 2. The van der Waals surface area contributed by atoms with Crippen molar-refractivity contribution in [3.05, 3.63) is 34.9 Å². The van der Waals surface area contributed by atoms with Crippen molar-refractivity contribution < 1.29 is 43.9 Å². The number of phenols is 1. The Morgan fingerprint density at radius 2 is 1.83 bits per heavy atom. The molecule has 0 radical (unpaired) electrons. The molecule has 11 nitrogen and oxygen atoms in total. The van der Waals surface area contributed by atoms with Crippen LogP contribution in [0.25, 0.3) is 0 Å². The van der Waals surface area contributed by atoms with Crippen LogP contribution >= 0.6 is 0 Å². The molecule has 5 fully saturated rings. The van der Waals surface area contributed by atoms with Gasteiger partial charge in [-0.05, 0) is 120 Å². The van der Waals surface area contributed by atoms with Gasteiger partial charge < -0.3 is 40.2 Å². The Hall–Kier alpha value is -4.03. The zero-order valence-corrected chi connectivity index (χ0v) is 39.0. The number of allylic oxidation sites excluding steroid dienone is 1. The first-order valence-corrected chi connectivity index (χ1v) is 25.8. The monoisotopic (exact) mass is 903 g/mol. The predicted octanol–water partition coefficient (Wildman–Crippen LogP) is 7.11. The van der Waals surface area contributed by atoms with E-state index in [4.69, 9.17) is 14.2 Å². The Labute approximate surface area is 390 Å². The van der Waals surface area contributed by atoms with Gasteiger partial charge in [0, 0.05) is 78.1 Å². The maximum atomic E-state index is 16.0. The van der Waals surface area contributed by atoms with Gasteiger partial charge in [0.25, 0.3) is 0 Å². The van der Waals surface area contributed by atoms with Gasteiger partial charge in [-0.2, -0.15) is 0 Å². The highest BCUT2D eigenvalue weighted by molar-refractivity contribution is 5.94. The van der Waals surface area contributed by atoms with Crippen molar-refractivity contribution in [2.24, 2.45) is 51.8 Å². The van der Waals surface area contributed by atoms with E-state index in [1.54, 1.807) is 13.0 Å². The smallest absolute Gasteiger partial charge is 0.332 e. The fourth-order valence-corrected chi connectivity index (χ4v) is 16.7. The molecule has 5 heterocycles. The molecule has 5 aliphatic heterocycles. The number of ether oxygens (including phenoxy) is 3. The third kappa shape index (κ3) is 6.97. The topological polar surface area (TPSA) is 164 Å². The van der Waals surface area contributed by atoms with Gasteiger partial charge in [0.1, 0.15) is 17.7 Å². The molecule has 1 aromatic carbocycles. The van der Waals surface area contributed by atoms with E-state index in [-0.39, 0.29) is 77.1 Å². The summed E-state index contributed by atoms with van der Waals surface area (Å²) in [4.78, 5) is 44.6. The number of hydrogen-bond donors (Lipinski definition) is 5. The number of esters is 2. The summed E-state index contributed by atoms with van der Waals surface area (Å²) >= 11 is 0. The first kappa shape index (κ1) is 44.5. The van der Waals surface area contributed by atoms with Crippen LogP contribution in [0.5, 0.6) is 11.5 Å². The largest absolute Gasteiger partial charge is 0.504 e. The van der Waals surface area contributed by atoms with Crippen molar-refractivity contribution in [1.29, 1.82) is 0 Å². The molecule has 66 heavy (non-hydrogen) atoms. The molecule has 3 saturated carbocycles. The number of hydrogen-bond acceptors (Lipinski definition) is 10. The molecule has 2 saturated heterocycles. The number of carbonyl (C=O) groups excluding carboxylic acids is 3. The van der Waals surface area contributed by atoms with Gasteiger partial charge in [-0.15, -0.1) is 5.92 Å². The molecule has 12 rings (SSSR count). The number of carbonyl (C=O) groups is 3. The van der Waals surface area contributed by atoms with E-state index < -0.39 is 46.6 Å². The number of fused-ring (bicyclic) bond motifs is 5. The van der Waals surface area contributed by atoms with Gasteiger partial charge in [-0.25, -0.2) is 4.79 Å². The SMILES string of the molecule is CC(=O)OC1CC(CC(C)O)CC#CC2CC3c4c(ccc(O)c4OCC3C3(CO)CCCC3)C2C23CCNC(CC#CC4=CC1C2OC(=O)C12CCCCC1CC1(CCCC41)C(=O)N2)C3. The summed E-state index contributed by atoms with van der Waals surface area (Å²) in [6.07, 6.45) is 13.9. The number of rotatable bonds is 5. The van der Waals surface area contributed by atoms with E-state index in [1.807, 2.05) is 0 Å². The van der Waals surface area contributed by atoms with Crippen LogP contribution in [0.4, 0.5) is 0 Å². The minimum absolute atomic E-state index is 0.0152. The second-order valence-electron chi connectivity index (χ2n) is 22.9. The number of benzene rings is 1. The van der Waals surface area contributed by atoms with E-state index in [2.05, 4.69) is 46.5 Å². The van der Waals surface area contributed by atoms with E-state index in [9.17, 15) is 20.1 Å². The zero-order chi connectivity index (χ0) is 45.6. The summed E-state index contributed by atoms with van der Waals surface area (Å²) in [5.74, 6) is 13.1. The lowest BCUT2D eigenvalue weighted by Gasteiger charge is -2.58. The summed E-state index contributed by atoms with van der Waals surface area (Å²) in [5.41, 5.74) is -0.0792. The fraction of sp³-hybridized carbons (Fsp3) is 0.727. The van der Waals surface area contributed by atoms with E-state index >= 15 is 9.59 Å². The van der Waals surface area contributed by atoms with Crippen LogP contribution in [0.1, 0.15) is 159 Å². The quantitative estimate of drug-likeness (QED) is 0.152. The molecule has 3 spiro atoms. The standard InChI is InChI=1S/C55H70N2O9/c1-32(59)24-34-10-7-12-36-27-40-43(52(31-58)18-5-6-19-52)30-64-48-44(61)17-16-39(46(40)48)47(36)54-22-23-56-38(29-54)14-8-11-35-26-41(45(25-34)65-33(2)60)49(54)66-51(63)55-21-4-3-13-37(55)28-53(50(62)57-55)20-9-15-42(35)53/h16-17,26,32,34,36-38,40-43,45,47,49,56,58-59,61H,3-6,9-10,13-15,18-25,27-31H2,1-2H3,(H,57,62). The van der Waals surface area contributed by atoms with Crippen molar-refractivity contribution in [1.82, 2.24) is 10.6 Å². The first-order chi connectivity index (χ1) is 31.9. The minimum Gasteiger partial charge on any atom is -0.504 e. The Morgan fingerprint density at radius 3 is 2.64 bits per heavy atom. The average Bonchev–Trinajstić information content (AvgIpc) is 3.95. The lowest BCUT2D eigenvalue weighted by molar-refractivity contribution is -0.190. The minimum atomic E-state index is -1.18. The molecule has 11 aliphatic rings. The van der Waals surface area contributed by atoms with Crippen LogP contribution in [0.3, 0.4) is 0 Å². The van der Waals surface area contributed by atoms with Crippen molar-refractivity contribution in [2.75, 3.05) is 19.8 Å². The lowest BCUT2D eigenvalue weighted by Crippen LogP contribution is -2.70. The number of aliphatic hydroxyl groups is 2. The molecule has 15 unspecified atom stereocenters. The second-order valence-corrected chi connectivity index (χ2v) is 22.9. The van der Waals surface area contributed by atoms with Gasteiger partial charge in [-0.1, -0.05) is 62.0 Å². The Morgan fingerprint density at radius 1 is 1.00 bits per heavy atom. The Kier molecular flexibility index (Phi) is 11.4. The maximum Gasteiger partial charge on any atom is 0.332 e. The van der Waals surface area contributed by atoms with Gasteiger partial charge in [-0.3, -0.25) is 9.59 Å². The van der Waals surface area contributed by atoms with E-state index in [1.165, 1.54) is 6.92 Å². The molecule has 5 N–H and O–H groups in total. The highest BCUT2D eigenvalue weighted by Gasteiger charge is 2.66. The number of nitrogens with one attached hydrogen (secondary N) is 2. The van der Waals surface area contributed by atoms with Crippen LogP contribution in [-0.2, 0) is 23.9 Å². The van der Waals surface area contributed by atoms with Crippen molar-refractivity contribution >= 4 is 17.8 Å². The molecular formula is C55H70N2O9.